The van der Waals surface area contributed by atoms with Crippen LogP contribution in [0.2, 0.25) is 0 Å². The third-order valence-corrected chi connectivity index (χ3v) is 4.89. The Bertz CT molecular complexity index is 483. The van der Waals surface area contributed by atoms with Gasteiger partial charge in [-0.2, -0.15) is 0 Å². The van der Waals surface area contributed by atoms with Crippen LogP contribution in [0.15, 0.2) is 22.7 Å². The molecular weight excluding hydrogens is 304 g/mol. The van der Waals surface area contributed by atoms with Crippen molar-refractivity contribution in [1.29, 1.82) is 0 Å². The number of halogens is 1. The van der Waals surface area contributed by atoms with E-state index in [1.807, 2.05) is 4.90 Å². The lowest BCUT2D eigenvalue weighted by molar-refractivity contribution is -0.132. The fraction of sp³-hybridized carbons (Fsp3) is 0.533. The van der Waals surface area contributed by atoms with Gasteiger partial charge in [0.15, 0.2) is 0 Å². The SMILES string of the molecule is O=C(CC1CCCN1)N1CCc2cccc(Br)c2C1. The first-order valence-electron chi connectivity index (χ1n) is 7.01. The van der Waals surface area contributed by atoms with E-state index in [2.05, 4.69) is 39.4 Å². The number of hydrogen-bond acceptors (Lipinski definition) is 2. The minimum Gasteiger partial charge on any atom is -0.338 e. The zero-order valence-corrected chi connectivity index (χ0v) is 12.6. The largest absolute Gasteiger partial charge is 0.338 e. The average Bonchev–Trinajstić information content (AvgIpc) is 2.92. The van der Waals surface area contributed by atoms with E-state index >= 15 is 0 Å². The maximum absolute atomic E-state index is 12.3. The zero-order valence-electron chi connectivity index (χ0n) is 11.0. The number of benzene rings is 1. The molecule has 3 nitrogen and oxygen atoms in total. The van der Waals surface area contributed by atoms with Gasteiger partial charge in [0.05, 0.1) is 0 Å². The van der Waals surface area contributed by atoms with E-state index in [-0.39, 0.29) is 0 Å². The van der Waals surface area contributed by atoms with E-state index in [9.17, 15) is 4.79 Å². The molecule has 0 saturated carbocycles. The molecule has 1 atom stereocenters. The van der Waals surface area contributed by atoms with Gasteiger partial charge in [-0.1, -0.05) is 28.1 Å². The van der Waals surface area contributed by atoms with Gasteiger partial charge < -0.3 is 10.2 Å². The fourth-order valence-electron chi connectivity index (χ4n) is 3.02. The van der Waals surface area contributed by atoms with E-state index in [0.29, 0.717) is 18.4 Å². The number of fused-ring (bicyclic) bond motifs is 1. The average molecular weight is 323 g/mol. The molecule has 0 bridgehead atoms. The molecule has 2 aliphatic rings. The van der Waals surface area contributed by atoms with E-state index in [1.54, 1.807) is 0 Å². The van der Waals surface area contributed by atoms with Crippen molar-refractivity contribution in [3.8, 4) is 0 Å². The Morgan fingerprint density at radius 2 is 2.37 bits per heavy atom. The number of nitrogens with zero attached hydrogens (tertiary/aromatic N) is 1. The van der Waals surface area contributed by atoms with Crippen LogP contribution in [0.25, 0.3) is 0 Å². The minimum absolute atomic E-state index is 0.292. The van der Waals surface area contributed by atoms with Crippen LogP contribution in [0.4, 0.5) is 0 Å². The van der Waals surface area contributed by atoms with E-state index in [0.717, 1.165) is 36.9 Å². The first-order valence-corrected chi connectivity index (χ1v) is 7.81. The number of carbonyl (C=O) groups is 1. The second-order valence-electron chi connectivity index (χ2n) is 5.44. The third-order valence-electron chi connectivity index (χ3n) is 4.15. The van der Waals surface area contributed by atoms with Gasteiger partial charge in [0, 0.05) is 30.0 Å². The van der Waals surface area contributed by atoms with E-state index < -0.39 is 0 Å². The molecule has 2 aliphatic heterocycles. The van der Waals surface area contributed by atoms with Crippen LogP contribution < -0.4 is 5.32 Å². The van der Waals surface area contributed by atoms with Gasteiger partial charge in [-0.3, -0.25) is 4.79 Å². The van der Waals surface area contributed by atoms with Crippen LogP contribution >= 0.6 is 15.9 Å². The standard InChI is InChI=1S/C15H19BrN2O/c16-14-5-1-3-11-6-8-18(10-13(11)14)15(19)9-12-4-2-7-17-12/h1,3,5,12,17H,2,4,6-10H2. The molecule has 0 spiro atoms. The molecular formula is C15H19BrN2O. The molecule has 0 aromatic heterocycles. The minimum atomic E-state index is 0.292. The molecule has 1 amide bonds. The normalized spacial score (nSPS) is 22.4. The summed E-state index contributed by atoms with van der Waals surface area (Å²) in [4.78, 5) is 14.4. The summed E-state index contributed by atoms with van der Waals surface area (Å²) in [5, 5.41) is 3.40. The summed E-state index contributed by atoms with van der Waals surface area (Å²) in [6.07, 6.45) is 3.96. The van der Waals surface area contributed by atoms with Crippen molar-refractivity contribution < 1.29 is 4.79 Å². The van der Waals surface area contributed by atoms with Crippen molar-refractivity contribution in [2.45, 2.75) is 38.3 Å². The molecule has 3 rings (SSSR count). The van der Waals surface area contributed by atoms with Crippen LogP contribution in [0.5, 0.6) is 0 Å². The first kappa shape index (κ1) is 13.1. The Morgan fingerprint density at radius 3 is 3.16 bits per heavy atom. The molecule has 1 fully saturated rings. The fourth-order valence-corrected chi connectivity index (χ4v) is 3.56. The smallest absolute Gasteiger partial charge is 0.224 e. The molecule has 19 heavy (non-hydrogen) atoms. The summed E-state index contributed by atoms with van der Waals surface area (Å²) in [6, 6.07) is 6.70. The highest BCUT2D eigenvalue weighted by molar-refractivity contribution is 9.10. The van der Waals surface area contributed by atoms with Crippen molar-refractivity contribution in [3.05, 3.63) is 33.8 Å². The summed E-state index contributed by atoms with van der Waals surface area (Å²) in [6.45, 7) is 2.67. The van der Waals surface area contributed by atoms with Crippen molar-refractivity contribution >= 4 is 21.8 Å². The molecule has 2 heterocycles. The molecule has 0 radical (unpaired) electrons. The number of rotatable bonds is 2. The summed E-state index contributed by atoms with van der Waals surface area (Å²) in [7, 11) is 0. The van der Waals surface area contributed by atoms with Gasteiger partial charge in [-0.25, -0.2) is 0 Å². The zero-order chi connectivity index (χ0) is 13.2. The Hall–Kier alpha value is -0.870. The third kappa shape index (κ3) is 2.84. The number of hydrogen-bond donors (Lipinski definition) is 1. The second-order valence-corrected chi connectivity index (χ2v) is 6.29. The molecule has 1 unspecified atom stereocenters. The van der Waals surface area contributed by atoms with Gasteiger partial charge in [0.1, 0.15) is 0 Å². The van der Waals surface area contributed by atoms with Gasteiger partial charge in [-0.15, -0.1) is 0 Å². The summed E-state index contributed by atoms with van der Waals surface area (Å²) >= 11 is 3.60. The lowest BCUT2D eigenvalue weighted by Crippen LogP contribution is -2.39. The first-order chi connectivity index (χ1) is 9.24. The Balaban J connectivity index is 1.67. The number of carbonyl (C=O) groups excluding carboxylic acids is 1. The summed E-state index contributed by atoms with van der Waals surface area (Å²) in [5.41, 5.74) is 2.65. The topological polar surface area (TPSA) is 32.3 Å². The quantitative estimate of drug-likeness (QED) is 0.907. The molecule has 1 aromatic carbocycles. The Morgan fingerprint density at radius 1 is 1.47 bits per heavy atom. The van der Waals surface area contributed by atoms with E-state index in [1.165, 1.54) is 17.5 Å². The number of nitrogens with one attached hydrogen (secondary N) is 1. The molecule has 1 N–H and O–H groups in total. The maximum Gasteiger partial charge on any atom is 0.224 e. The lowest BCUT2D eigenvalue weighted by Gasteiger charge is -2.30. The van der Waals surface area contributed by atoms with Crippen molar-refractivity contribution in [1.82, 2.24) is 10.2 Å². The highest BCUT2D eigenvalue weighted by Crippen LogP contribution is 2.27. The number of amides is 1. The monoisotopic (exact) mass is 322 g/mol. The molecule has 1 saturated heterocycles. The molecule has 102 valence electrons. The predicted molar refractivity (Wildman–Crippen MR) is 78.9 cm³/mol. The van der Waals surface area contributed by atoms with Gasteiger partial charge >= 0.3 is 0 Å². The van der Waals surface area contributed by atoms with E-state index in [4.69, 9.17) is 0 Å². The van der Waals surface area contributed by atoms with Crippen LogP contribution in [0.1, 0.15) is 30.4 Å². The highest BCUT2D eigenvalue weighted by atomic mass is 79.9. The molecule has 1 aromatic rings. The van der Waals surface area contributed by atoms with Crippen LogP contribution in [0.3, 0.4) is 0 Å². The lowest BCUT2D eigenvalue weighted by atomic mass is 9.99. The molecule has 4 heteroatoms. The van der Waals surface area contributed by atoms with Gasteiger partial charge in [-0.05, 0) is 43.0 Å². The van der Waals surface area contributed by atoms with Crippen LogP contribution in [-0.4, -0.2) is 29.9 Å². The predicted octanol–water partition coefficient (Wildman–Crippen LogP) is 2.48. The van der Waals surface area contributed by atoms with Crippen molar-refractivity contribution in [2.24, 2.45) is 0 Å². The highest BCUT2D eigenvalue weighted by Gasteiger charge is 2.25. The van der Waals surface area contributed by atoms with Crippen molar-refractivity contribution in [3.63, 3.8) is 0 Å². The van der Waals surface area contributed by atoms with Crippen LogP contribution in [-0.2, 0) is 17.8 Å². The van der Waals surface area contributed by atoms with Crippen LogP contribution in [0, 0.1) is 0 Å². The Kier molecular flexibility index (Phi) is 3.89. The van der Waals surface area contributed by atoms with Crippen molar-refractivity contribution in [2.75, 3.05) is 13.1 Å². The summed E-state index contributed by atoms with van der Waals surface area (Å²) < 4.78 is 1.13. The second kappa shape index (κ2) is 5.63. The maximum atomic E-state index is 12.3. The Labute approximate surface area is 122 Å². The summed E-state index contributed by atoms with van der Waals surface area (Å²) in [5.74, 6) is 0.292. The van der Waals surface area contributed by atoms with Gasteiger partial charge in [0.25, 0.3) is 0 Å². The van der Waals surface area contributed by atoms with Gasteiger partial charge in [0.2, 0.25) is 5.91 Å². The molecule has 0 aliphatic carbocycles.